The maximum atomic E-state index is 12.4. The number of hydrogen-bond donors (Lipinski definition) is 1. The number of nitrogens with one attached hydrogen (secondary N) is 1. The lowest BCUT2D eigenvalue weighted by atomic mass is 10.1. The highest BCUT2D eigenvalue weighted by molar-refractivity contribution is 5.97. The normalized spacial score (nSPS) is 14.0. The van der Waals surface area contributed by atoms with Crippen molar-refractivity contribution in [2.24, 2.45) is 0 Å². The number of carbonyl (C=O) groups excluding carboxylic acids is 3. The van der Waals surface area contributed by atoms with Gasteiger partial charge >= 0.3 is 0 Å². The molecule has 1 fully saturated rings. The van der Waals surface area contributed by atoms with E-state index >= 15 is 0 Å². The second-order valence-electron chi connectivity index (χ2n) is 6.54. The van der Waals surface area contributed by atoms with Crippen LogP contribution in [0, 0.1) is 6.92 Å². The number of benzene rings is 2. The van der Waals surface area contributed by atoms with Gasteiger partial charge in [-0.1, -0.05) is 36.4 Å². The van der Waals surface area contributed by atoms with Gasteiger partial charge in [0.1, 0.15) is 0 Å². The van der Waals surface area contributed by atoms with Gasteiger partial charge in [-0.05, 0) is 30.7 Å². The number of aryl methyl sites for hydroxylation is 1. The fraction of sp³-hybridized carbons (Fsp3) is 0.286. The molecule has 3 rings (SSSR count). The second-order valence-corrected chi connectivity index (χ2v) is 6.54. The van der Waals surface area contributed by atoms with Crippen LogP contribution in [0.25, 0.3) is 0 Å². The highest BCUT2D eigenvalue weighted by Crippen LogP contribution is 2.09. The van der Waals surface area contributed by atoms with E-state index in [9.17, 15) is 14.4 Å². The monoisotopic (exact) mass is 365 g/mol. The van der Waals surface area contributed by atoms with Crippen LogP contribution in [0.4, 0.5) is 0 Å². The third kappa shape index (κ3) is 4.53. The quantitative estimate of drug-likeness (QED) is 0.897. The lowest BCUT2D eigenvalue weighted by molar-refractivity contribution is -0.131. The van der Waals surface area contributed by atoms with E-state index in [4.69, 9.17) is 0 Å². The van der Waals surface area contributed by atoms with Gasteiger partial charge in [0.25, 0.3) is 11.8 Å². The Kier molecular flexibility index (Phi) is 5.86. The molecule has 0 atom stereocenters. The molecule has 27 heavy (non-hydrogen) atoms. The summed E-state index contributed by atoms with van der Waals surface area (Å²) in [5.41, 5.74) is 2.10. The summed E-state index contributed by atoms with van der Waals surface area (Å²) in [7, 11) is 0. The molecule has 140 valence electrons. The van der Waals surface area contributed by atoms with Crippen molar-refractivity contribution in [2.45, 2.75) is 6.92 Å². The van der Waals surface area contributed by atoms with Crippen molar-refractivity contribution in [3.63, 3.8) is 0 Å². The van der Waals surface area contributed by atoms with Gasteiger partial charge in [-0.25, -0.2) is 0 Å². The molecule has 3 amide bonds. The van der Waals surface area contributed by atoms with Crippen molar-refractivity contribution in [2.75, 3.05) is 32.7 Å². The molecule has 0 saturated carbocycles. The van der Waals surface area contributed by atoms with Gasteiger partial charge in [0.2, 0.25) is 5.91 Å². The van der Waals surface area contributed by atoms with Crippen molar-refractivity contribution >= 4 is 17.7 Å². The molecule has 6 nitrogen and oxygen atoms in total. The van der Waals surface area contributed by atoms with Crippen LogP contribution in [0.1, 0.15) is 26.3 Å². The minimum Gasteiger partial charge on any atom is -0.343 e. The van der Waals surface area contributed by atoms with Crippen molar-refractivity contribution < 1.29 is 14.4 Å². The van der Waals surface area contributed by atoms with Crippen LogP contribution >= 0.6 is 0 Å². The van der Waals surface area contributed by atoms with Crippen LogP contribution in [0.2, 0.25) is 0 Å². The molecule has 0 aliphatic carbocycles. The first-order valence-corrected chi connectivity index (χ1v) is 9.02. The SMILES string of the molecule is Cc1ccccc1C(=O)NCC(=O)N1CCN(C(=O)c2ccccc2)CC1. The summed E-state index contributed by atoms with van der Waals surface area (Å²) in [4.78, 5) is 40.5. The second kappa shape index (κ2) is 8.49. The van der Waals surface area contributed by atoms with Crippen molar-refractivity contribution in [3.8, 4) is 0 Å². The van der Waals surface area contributed by atoms with E-state index in [1.54, 1.807) is 34.1 Å². The standard InChI is InChI=1S/C21H23N3O3/c1-16-7-5-6-10-18(16)20(26)22-15-19(25)23-11-13-24(14-12-23)21(27)17-8-3-2-4-9-17/h2-10H,11-15H2,1H3,(H,22,26). The van der Waals surface area contributed by atoms with Gasteiger partial charge in [0.05, 0.1) is 6.54 Å². The number of amides is 3. The minimum atomic E-state index is -0.251. The molecular formula is C21H23N3O3. The van der Waals surface area contributed by atoms with Crippen molar-refractivity contribution in [1.29, 1.82) is 0 Å². The average molecular weight is 365 g/mol. The third-order valence-corrected chi connectivity index (χ3v) is 4.73. The Morgan fingerprint density at radius 1 is 0.852 bits per heavy atom. The van der Waals surface area contributed by atoms with Crippen molar-refractivity contribution in [1.82, 2.24) is 15.1 Å². The van der Waals surface area contributed by atoms with E-state index < -0.39 is 0 Å². The van der Waals surface area contributed by atoms with Gasteiger partial charge < -0.3 is 15.1 Å². The molecule has 6 heteroatoms. The highest BCUT2D eigenvalue weighted by Gasteiger charge is 2.25. The summed E-state index contributed by atoms with van der Waals surface area (Å²) < 4.78 is 0. The van der Waals surface area contributed by atoms with E-state index in [2.05, 4.69) is 5.32 Å². The molecular weight excluding hydrogens is 342 g/mol. The Bertz CT molecular complexity index is 828. The summed E-state index contributed by atoms with van der Waals surface area (Å²) in [6.07, 6.45) is 0. The molecule has 0 spiro atoms. The Morgan fingerprint density at radius 2 is 1.44 bits per heavy atom. The van der Waals surface area contributed by atoms with Crippen LogP contribution in [0.5, 0.6) is 0 Å². The molecule has 0 aromatic heterocycles. The molecule has 0 radical (unpaired) electrons. The number of nitrogens with zero attached hydrogens (tertiary/aromatic N) is 2. The third-order valence-electron chi connectivity index (χ3n) is 4.73. The predicted octanol–water partition coefficient (Wildman–Crippen LogP) is 1.71. The molecule has 1 heterocycles. The van der Waals surface area contributed by atoms with Gasteiger partial charge in [0, 0.05) is 37.3 Å². The molecule has 0 bridgehead atoms. The summed E-state index contributed by atoms with van der Waals surface area (Å²) in [6.45, 7) is 3.74. The van der Waals surface area contributed by atoms with Crippen LogP contribution in [-0.2, 0) is 4.79 Å². The first-order valence-electron chi connectivity index (χ1n) is 9.02. The Morgan fingerprint density at radius 3 is 2.11 bits per heavy atom. The molecule has 0 unspecified atom stereocenters. The first kappa shape index (κ1) is 18.6. The summed E-state index contributed by atoms with van der Waals surface area (Å²) in [5, 5.41) is 2.69. The molecule has 1 aliphatic rings. The van der Waals surface area contributed by atoms with Gasteiger partial charge in [-0.3, -0.25) is 14.4 Å². The van der Waals surface area contributed by atoms with E-state index in [0.29, 0.717) is 37.3 Å². The maximum Gasteiger partial charge on any atom is 0.253 e. The average Bonchev–Trinajstić information content (AvgIpc) is 2.72. The van der Waals surface area contributed by atoms with E-state index in [1.165, 1.54) is 0 Å². The smallest absolute Gasteiger partial charge is 0.253 e. The lowest BCUT2D eigenvalue weighted by Gasteiger charge is -2.34. The van der Waals surface area contributed by atoms with Crippen LogP contribution in [-0.4, -0.2) is 60.2 Å². The summed E-state index contributed by atoms with van der Waals surface area (Å²) >= 11 is 0. The number of carbonyl (C=O) groups is 3. The molecule has 2 aromatic rings. The van der Waals surface area contributed by atoms with Gasteiger partial charge in [0.15, 0.2) is 0 Å². The Hall–Kier alpha value is -3.15. The first-order chi connectivity index (χ1) is 13.1. The molecule has 2 aromatic carbocycles. The largest absolute Gasteiger partial charge is 0.343 e. The minimum absolute atomic E-state index is 0.0180. The van der Waals surface area contributed by atoms with Crippen LogP contribution in [0.3, 0.4) is 0 Å². The molecule has 1 saturated heterocycles. The van der Waals surface area contributed by atoms with E-state index in [1.807, 2.05) is 37.3 Å². The molecule has 1 aliphatic heterocycles. The van der Waals surface area contributed by atoms with Gasteiger partial charge in [-0.15, -0.1) is 0 Å². The fourth-order valence-electron chi connectivity index (χ4n) is 3.11. The summed E-state index contributed by atoms with van der Waals surface area (Å²) in [6, 6.07) is 16.4. The van der Waals surface area contributed by atoms with E-state index in [0.717, 1.165) is 5.56 Å². The topological polar surface area (TPSA) is 69.7 Å². The zero-order valence-corrected chi connectivity index (χ0v) is 15.4. The predicted molar refractivity (Wildman–Crippen MR) is 102 cm³/mol. The summed E-state index contributed by atoms with van der Waals surface area (Å²) in [5.74, 6) is -0.404. The number of piperazine rings is 1. The Labute approximate surface area is 158 Å². The van der Waals surface area contributed by atoms with E-state index in [-0.39, 0.29) is 24.3 Å². The van der Waals surface area contributed by atoms with Gasteiger partial charge in [-0.2, -0.15) is 0 Å². The maximum absolute atomic E-state index is 12.4. The lowest BCUT2D eigenvalue weighted by Crippen LogP contribution is -2.52. The zero-order chi connectivity index (χ0) is 19.2. The fourth-order valence-corrected chi connectivity index (χ4v) is 3.11. The molecule has 1 N–H and O–H groups in total. The number of rotatable bonds is 4. The Balaban J connectivity index is 1.48. The van der Waals surface area contributed by atoms with Crippen molar-refractivity contribution in [3.05, 3.63) is 71.3 Å². The van der Waals surface area contributed by atoms with Crippen LogP contribution < -0.4 is 5.32 Å². The highest BCUT2D eigenvalue weighted by atomic mass is 16.2. The zero-order valence-electron chi connectivity index (χ0n) is 15.4. The van der Waals surface area contributed by atoms with Crippen LogP contribution in [0.15, 0.2) is 54.6 Å². The number of hydrogen-bond acceptors (Lipinski definition) is 3.